The number of carbonyl (C=O) groups excluding carboxylic acids is 2. The third-order valence-electron chi connectivity index (χ3n) is 3.90. The number of methoxy groups -OCH3 is 1. The summed E-state index contributed by atoms with van der Waals surface area (Å²) in [5, 5.41) is 2.85. The van der Waals surface area contributed by atoms with E-state index in [2.05, 4.69) is 5.32 Å². The van der Waals surface area contributed by atoms with Crippen LogP contribution in [0.15, 0.2) is 18.2 Å². The predicted molar refractivity (Wildman–Crippen MR) is 91.3 cm³/mol. The SMILES string of the molecule is COc1ccc(OC(C)C)c(NC(=O)N2CCCC(C(N)=O)C2)c1. The van der Waals surface area contributed by atoms with E-state index in [-0.39, 0.29) is 24.0 Å². The fourth-order valence-corrected chi connectivity index (χ4v) is 2.68. The Kier molecular flexibility index (Phi) is 5.89. The molecule has 1 aliphatic heterocycles. The Labute approximate surface area is 142 Å². The molecule has 1 heterocycles. The molecular formula is C17H25N3O4. The molecule has 7 heteroatoms. The Hall–Kier alpha value is -2.44. The van der Waals surface area contributed by atoms with Crippen molar-refractivity contribution in [3.63, 3.8) is 0 Å². The van der Waals surface area contributed by atoms with Gasteiger partial charge in [-0.25, -0.2) is 4.79 Å². The smallest absolute Gasteiger partial charge is 0.321 e. The number of hydrogen-bond acceptors (Lipinski definition) is 4. The van der Waals surface area contributed by atoms with E-state index in [4.69, 9.17) is 15.2 Å². The molecule has 0 bridgehead atoms. The average molecular weight is 335 g/mol. The number of carbonyl (C=O) groups is 2. The first-order valence-corrected chi connectivity index (χ1v) is 8.10. The maximum Gasteiger partial charge on any atom is 0.321 e. The molecule has 7 nitrogen and oxygen atoms in total. The summed E-state index contributed by atoms with van der Waals surface area (Å²) in [4.78, 5) is 25.5. The number of piperidine rings is 1. The van der Waals surface area contributed by atoms with Gasteiger partial charge in [-0.15, -0.1) is 0 Å². The van der Waals surface area contributed by atoms with Crippen LogP contribution in [0.2, 0.25) is 0 Å². The van der Waals surface area contributed by atoms with Crippen molar-refractivity contribution < 1.29 is 19.1 Å². The second kappa shape index (κ2) is 7.90. The molecule has 1 aromatic rings. The van der Waals surface area contributed by atoms with Crippen LogP contribution in [-0.4, -0.2) is 43.1 Å². The maximum absolute atomic E-state index is 12.5. The Morgan fingerprint density at radius 3 is 2.75 bits per heavy atom. The Morgan fingerprint density at radius 1 is 1.38 bits per heavy atom. The molecule has 1 unspecified atom stereocenters. The van der Waals surface area contributed by atoms with Gasteiger partial charge in [0.1, 0.15) is 11.5 Å². The van der Waals surface area contributed by atoms with E-state index in [1.54, 1.807) is 30.2 Å². The van der Waals surface area contributed by atoms with Crippen LogP contribution in [0.3, 0.4) is 0 Å². The van der Waals surface area contributed by atoms with E-state index in [1.807, 2.05) is 13.8 Å². The fraction of sp³-hybridized carbons (Fsp3) is 0.529. The van der Waals surface area contributed by atoms with Gasteiger partial charge in [-0.1, -0.05) is 0 Å². The van der Waals surface area contributed by atoms with Crippen LogP contribution in [0, 0.1) is 5.92 Å². The lowest BCUT2D eigenvalue weighted by Crippen LogP contribution is -2.45. The molecule has 0 aliphatic carbocycles. The maximum atomic E-state index is 12.5. The second-order valence-corrected chi connectivity index (χ2v) is 6.15. The summed E-state index contributed by atoms with van der Waals surface area (Å²) in [6, 6.07) is 4.97. The van der Waals surface area contributed by atoms with Crippen molar-refractivity contribution in [1.82, 2.24) is 4.90 Å². The highest BCUT2D eigenvalue weighted by molar-refractivity contribution is 5.92. The number of primary amides is 1. The Morgan fingerprint density at radius 2 is 2.12 bits per heavy atom. The summed E-state index contributed by atoms with van der Waals surface area (Å²) in [7, 11) is 1.56. The number of nitrogens with two attached hydrogens (primary N) is 1. The second-order valence-electron chi connectivity index (χ2n) is 6.15. The molecule has 0 aromatic heterocycles. The zero-order chi connectivity index (χ0) is 17.7. The molecule has 3 N–H and O–H groups in total. The highest BCUT2D eigenvalue weighted by atomic mass is 16.5. The fourth-order valence-electron chi connectivity index (χ4n) is 2.68. The molecule has 2 rings (SSSR count). The van der Waals surface area contributed by atoms with Crippen molar-refractivity contribution in [1.29, 1.82) is 0 Å². The highest BCUT2D eigenvalue weighted by Crippen LogP contribution is 2.30. The van der Waals surface area contributed by atoms with Crippen LogP contribution in [0.1, 0.15) is 26.7 Å². The molecule has 1 aromatic carbocycles. The van der Waals surface area contributed by atoms with Gasteiger partial charge in [0.05, 0.1) is 24.8 Å². The van der Waals surface area contributed by atoms with E-state index in [9.17, 15) is 9.59 Å². The number of likely N-dealkylation sites (tertiary alicyclic amines) is 1. The molecule has 24 heavy (non-hydrogen) atoms. The highest BCUT2D eigenvalue weighted by Gasteiger charge is 2.27. The number of nitrogens with zero attached hydrogens (tertiary/aromatic N) is 1. The first-order chi connectivity index (χ1) is 11.4. The van der Waals surface area contributed by atoms with Crippen LogP contribution in [-0.2, 0) is 4.79 Å². The van der Waals surface area contributed by atoms with Gasteiger partial charge in [0.2, 0.25) is 5.91 Å². The van der Waals surface area contributed by atoms with Gasteiger partial charge in [-0.3, -0.25) is 4.79 Å². The van der Waals surface area contributed by atoms with Gasteiger partial charge in [0.25, 0.3) is 0 Å². The van der Waals surface area contributed by atoms with Crippen molar-refractivity contribution in [2.24, 2.45) is 11.7 Å². The summed E-state index contributed by atoms with van der Waals surface area (Å²) in [6.07, 6.45) is 1.46. The number of rotatable bonds is 5. The summed E-state index contributed by atoms with van der Waals surface area (Å²) < 4.78 is 10.9. The molecule has 1 fully saturated rings. The minimum Gasteiger partial charge on any atom is -0.497 e. The minimum atomic E-state index is -0.363. The number of benzene rings is 1. The molecule has 1 aliphatic rings. The number of hydrogen-bond donors (Lipinski definition) is 2. The van der Waals surface area contributed by atoms with Gasteiger partial charge < -0.3 is 25.4 Å². The molecule has 1 atom stereocenters. The predicted octanol–water partition coefficient (Wildman–Crippen LogP) is 2.21. The monoisotopic (exact) mass is 335 g/mol. The average Bonchev–Trinajstić information content (AvgIpc) is 2.56. The van der Waals surface area contributed by atoms with E-state index in [1.165, 1.54) is 0 Å². The van der Waals surface area contributed by atoms with E-state index >= 15 is 0 Å². The van der Waals surface area contributed by atoms with Crippen molar-refractivity contribution >= 4 is 17.6 Å². The third kappa shape index (κ3) is 4.53. The Balaban J connectivity index is 2.13. The first kappa shape index (κ1) is 17.9. The molecule has 0 spiro atoms. The lowest BCUT2D eigenvalue weighted by Gasteiger charge is -2.31. The number of nitrogens with one attached hydrogen (secondary N) is 1. The first-order valence-electron chi connectivity index (χ1n) is 8.10. The normalized spacial score (nSPS) is 17.5. The van der Waals surface area contributed by atoms with Gasteiger partial charge in [0.15, 0.2) is 0 Å². The molecular weight excluding hydrogens is 310 g/mol. The molecule has 0 radical (unpaired) electrons. The standard InChI is InChI=1S/C17H25N3O4/c1-11(2)24-15-7-6-13(23-3)9-14(15)19-17(22)20-8-4-5-12(10-20)16(18)21/h6-7,9,11-12H,4-5,8,10H2,1-3H3,(H2,18,21)(H,19,22). The van der Waals surface area contributed by atoms with Crippen LogP contribution in [0.4, 0.5) is 10.5 Å². The lowest BCUT2D eigenvalue weighted by atomic mass is 9.98. The van der Waals surface area contributed by atoms with Crippen LogP contribution < -0.4 is 20.5 Å². The number of urea groups is 1. The minimum absolute atomic E-state index is 0.0247. The van der Waals surface area contributed by atoms with Crippen molar-refractivity contribution in [3.8, 4) is 11.5 Å². The molecule has 3 amide bonds. The largest absolute Gasteiger partial charge is 0.497 e. The molecule has 0 saturated carbocycles. The van der Waals surface area contributed by atoms with Gasteiger partial charge in [0, 0.05) is 19.2 Å². The number of anilines is 1. The molecule has 132 valence electrons. The summed E-state index contributed by atoms with van der Waals surface area (Å²) in [5.74, 6) is 0.538. The third-order valence-corrected chi connectivity index (χ3v) is 3.90. The van der Waals surface area contributed by atoms with Crippen LogP contribution >= 0.6 is 0 Å². The quantitative estimate of drug-likeness (QED) is 0.862. The van der Waals surface area contributed by atoms with Crippen molar-refractivity contribution in [2.45, 2.75) is 32.8 Å². The summed E-state index contributed by atoms with van der Waals surface area (Å²) in [6.45, 7) is 4.77. The van der Waals surface area contributed by atoms with Crippen molar-refractivity contribution in [2.75, 3.05) is 25.5 Å². The van der Waals surface area contributed by atoms with E-state index in [0.29, 0.717) is 30.3 Å². The topological polar surface area (TPSA) is 93.9 Å². The van der Waals surface area contributed by atoms with Crippen LogP contribution in [0.5, 0.6) is 11.5 Å². The van der Waals surface area contributed by atoms with Gasteiger partial charge in [-0.2, -0.15) is 0 Å². The Bertz CT molecular complexity index is 603. The zero-order valence-corrected chi connectivity index (χ0v) is 14.4. The van der Waals surface area contributed by atoms with Crippen molar-refractivity contribution in [3.05, 3.63) is 18.2 Å². The van der Waals surface area contributed by atoms with E-state index in [0.717, 1.165) is 12.8 Å². The van der Waals surface area contributed by atoms with Gasteiger partial charge >= 0.3 is 6.03 Å². The van der Waals surface area contributed by atoms with E-state index < -0.39 is 0 Å². The van der Waals surface area contributed by atoms with Gasteiger partial charge in [-0.05, 0) is 38.8 Å². The zero-order valence-electron chi connectivity index (χ0n) is 14.4. The lowest BCUT2D eigenvalue weighted by molar-refractivity contribution is -0.123. The number of amides is 3. The summed E-state index contributed by atoms with van der Waals surface area (Å²) >= 11 is 0. The summed E-state index contributed by atoms with van der Waals surface area (Å²) in [5.41, 5.74) is 5.90. The molecule has 1 saturated heterocycles. The van der Waals surface area contributed by atoms with Crippen LogP contribution in [0.25, 0.3) is 0 Å². The number of ether oxygens (including phenoxy) is 2.